The fourth-order valence-electron chi connectivity index (χ4n) is 2.19. The molecule has 0 aliphatic carbocycles. The Morgan fingerprint density at radius 1 is 1.42 bits per heavy atom. The molecule has 5 heteroatoms. The van der Waals surface area contributed by atoms with Gasteiger partial charge in [-0.25, -0.2) is 4.79 Å². The van der Waals surface area contributed by atoms with E-state index < -0.39 is 5.54 Å². The molecule has 1 heterocycles. The van der Waals surface area contributed by atoms with Gasteiger partial charge in [0.15, 0.2) is 0 Å². The highest BCUT2D eigenvalue weighted by Gasteiger charge is 2.41. The molecule has 1 saturated heterocycles. The first kappa shape index (κ1) is 14.7. The SMILES string of the molecule is CCOC(=O)C1(Nc2ccccc2Br)CCSCC1. The maximum atomic E-state index is 12.3. The Labute approximate surface area is 126 Å². The Hall–Kier alpha value is -0.680. The van der Waals surface area contributed by atoms with Crippen LogP contribution in [0.3, 0.4) is 0 Å². The monoisotopic (exact) mass is 343 g/mol. The molecule has 1 N–H and O–H groups in total. The van der Waals surface area contributed by atoms with Crippen molar-refractivity contribution in [3.8, 4) is 0 Å². The highest BCUT2D eigenvalue weighted by molar-refractivity contribution is 9.10. The topological polar surface area (TPSA) is 38.3 Å². The molecule has 0 atom stereocenters. The first-order valence-electron chi connectivity index (χ1n) is 6.45. The van der Waals surface area contributed by atoms with Crippen molar-refractivity contribution in [1.29, 1.82) is 0 Å². The fourth-order valence-corrected chi connectivity index (χ4v) is 3.76. The molecule has 1 aliphatic rings. The highest BCUT2D eigenvalue weighted by Crippen LogP contribution is 2.34. The predicted octanol–water partition coefficient (Wildman–Crippen LogP) is 3.69. The van der Waals surface area contributed by atoms with Gasteiger partial charge in [-0.2, -0.15) is 11.8 Å². The van der Waals surface area contributed by atoms with Crippen molar-refractivity contribution in [2.24, 2.45) is 0 Å². The van der Waals surface area contributed by atoms with Crippen LogP contribution in [0.15, 0.2) is 28.7 Å². The standard InChI is InChI=1S/C14H18BrNO2S/c1-2-18-13(17)14(7-9-19-10-8-14)16-12-6-4-3-5-11(12)15/h3-6,16H,2,7-10H2,1H3. The van der Waals surface area contributed by atoms with Gasteiger partial charge in [-0.15, -0.1) is 0 Å². The lowest BCUT2D eigenvalue weighted by Crippen LogP contribution is -2.50. The van der Waals surface area contributed by atoms with Crippen molar-refractivity contribution < 1.29 is 9.53 Å². The zero-order chi connectivity index (χ0) is 13.7. The fraction of sp³-hybridized carbons (Fsp3) is 0.500. The Morgan fingerprint density at radius 3 is 2.74 bits per heavy atom. The summed E-state index contributed by atoms with van der Waals surface area (Å²) in [5.41, 5.74) is 0.368. The van der Waals surface area contributed by atoms with Gasteiger partial charge >= 0.3 is 5.97 Å². The van der Waals surface area contributed by atoms with Crippen LogP contribution < -0.4 is 5.32 Å². The lowest BCUT2D eigenvalue weighted by Gasteiger charge is -2.36. The zero-order valence-corrected chi connectivity index (χ0v) is 13.4. The third kappa shape index (κ3) is 3.45. The van der Waals surface area contributed by atoms with E-state index in [1.165, 1.54) is 0 Å². The van der Waals surface area contributed by atoms with Gasteiger partial charge in [0.05, 0.1) is 6.61 Å². The van der Waals surface area contributed by atoms with Crippen LogP contribution in [0.2, 0.25) is 0 Å². The van der Waals surface area contributed by atoms with Crippen molar-refractivity contribution in [3.05, 3.63) is 28.7 Å². The van der Waals surface area contributed by atoms with E-state index >= 15 is 0 Å². The van der Waals surface area contributed by atoms with E-state index in [0.29, 0.717) is 6.61 Å². The highest BCUT2D eigenvalue weighted by atomic mass is 79.9. The average molecular weight is 344 g/mol. The number of para-hydroxylation sites is 1. The molecule has 2 rings (SSSR count). The van der Waals surface area contributed by atoms with Crippen molar-refractivity contribution in [2.75, 3.05) is 23.4 Å². The molecule has 0 amide bonds. The van der Waals surface area contributed by atoms with E-state index in [2.05, 4.69) is 21.2 Å². The average Bonchev–Trinajstić information content (AvgIpc) is 2.43. The number of rotatable bonds is 4. The molecule has 3 nitrogen and oxygen atoms in total. The zero-order valence-electron chi connectivity index (χ0n) is 10.9. The van der Waals surface area contributed by atoms with Crippen LogP contribution in [0, 0.1) is 0 Å². The second kappa shape index (κ2) is 6.66. The molecule has 0 saturated carbocycles. The maximum absolute atomic E-state index is 12.3. The number of halogens is 1. The summed E-state index contributed by atoms with van der Waals surface area (Å²) in [5, 5.41) is 3.41. The molecule has 0 aromatic heterocycles. The number of benzene rings is 1. The van der Waals surface area contributed by atoms with E-state index in [4.69, 9.17) is 4.74 Å². The number of hydrogen-bond donors (Lipinski definition) is 1. The molecule has 0 spiro atoms. The summed E-state index contributed by atoms with van der Waals surface area (Å²) < 4.78 is 6.24. The summed E-state index contributed by atoms with van der Waals surface area (Å²) in [6.45, 7) is 2.27. The summed E-state index contributed by atoms with van der Waals surface area (Å²) in [7, 11) is 0. The van der Waals surface area contributed by atoms with E-state index in [1.54, 1.807) is 0 Å². The number of ether oxygens (including phenoxy) is 1. The van der Waals surface area contributed by atoms with Gasteiger partial charge in [-0.05, 0) is 59.3 Å². The van der Waals surface area contributed by atoms with E-state index in [0.717, 1.165) is 34.5 Å². The number of nitrogens with one attached hydrogen (secondary N) is 1. The first-order chi connectivity index (χ1) is 9.18. The number of anilines is 1. The van der Waals surface area contributed by atoms with Crippen molar-refractivity contribution >= 4 is 39.3 Å². The Bertz CT molecular complexity index is 447. The number of carbonyl (C=O) groups excluding carboxylic acids is 1. The molecule has 1 aromatic rings. The Morgan fingerprint density at radius 2 is 2.11 bits per heavy atom. The number of esters is 1. The molecule has 0 radical (unpaired) electrons. The number of carbonyl (C=O) groups is 1. The summed E-state index contributed by atoms with van der Waals surface area (Å²) in [6, 6.07) is 7.87. The molecule has 0 unspecified atom stereocenters. The van der Waals surface area contributed by atoms with Gasteiger partial charge in [0.25, 0.3) is 0 Å². The molecule has 1 aliphatic heterocycles. The van der Waals surface area contributed by atoms with E-state index in [9.17, 15) is 4.79 Å². The smallest absolute Gasteiger partial charge is 0.331 e. The normalized spacial score (nSPS) is 17.8. The van der Waals surface area contributed by atoms with Gasteiger partial charge in [0.2, 0.25) is 0 Å². The summed E-state index contributed by atoms with van der Waals surface area (Å²) in [5.74, 6) is 1.83. The van der Waals surface area contributed by atoms with Gasteiger partial charge in [0.1, 0.15) is 5.54 Å². The minimum Gasteiger partial charge on any atom is -0.464 e. The van der Waals surface area contributed by atoms with Crippen molar-refractivity contribution in [2.45, 2.75) is 25.3 Å². The van der Waals surface area contributed by atoms with Crippen LogP contribution in [0.5, 0.6) is 0 Å². The van der Waals surface area contributed by atoms with Crippen molar-refractivity contribution in [1.82, 2.24) is 0 Å². The third-order valence-electron chi connectivity index (χ3n) is 3.26. The van der Waals surface area contributed by atoms with Crippen LogP contribution in [0.1, 0.15) is 19.8 Å². The lowest BCUT2D eigenvalue weighted by atomic mass is 9.91. The Balaban J connectivity index is 2.23. The van der Waals surface area contributed by atoms with Crippen LogP contribution >= 0.6 is 27.7 Å². The second-order valence-corrected chi connectivity index (χ2v) is 6.60. The van der Waals surface area contributed by atoms with Gasteiger partial charge in [-0.3, -0.25) is 0 Å². The van der Waals surface area contributed by atoms with Crippen LogP contribution in [0.4, 0.5) is 5.69 Å². The maximum Gasteiger partial charge on any atom is 0.331 e. The third-order valence-corrected chi connectivity index (χ3v) is 4.94. The van der Waals surface area contributed by atoms with E-state index in [1.807, 2.05) is 43.0 Å². The van der Waals surface area contributed by atoms with Crippen LogP contribution in [-0.2, 0) is 9.53 Å². The molecular formula is C14H18BrNO2S. The van der Waals surface area contributed by atoms with Crippen LogP contribution in [-0.4, -0.2) is 29.6 Å². The minimum atomic E-state index is -0.578. The van der Waals surface area contributed by atoms with Gasteiger partial charge in [0, 0.05) is 10.2 Å². The largest absolute Gasteiger partial charge is 0.464 e. The lowest BCUT2D eigenvalue weighted by molar-refractivity contribution is -0.148. The molecule has 1 fully saturated rings. The quantitative estimate of drug-likeness (QED) is 0.846. The minimum absolute atomic E-state index is 0.133. The van der Waals surface area contributed by atoms with E-state index in [-0.39, 0.29) is 5.97 Å². The van der Waals surface area contributed by atoms with Gasteiger partial charge in [-0.1, -0.05) is 12.1 Å². The summed E-state index contributed by atoms with van der Waals surface area (Å²) >= 11 is 5.40. The molecule has 1 aromatic carbocycles. The van der Waals surface area contributed by atoms with Gasteiger partial charge < -0.3 is 10.1 Å². The molecule has 104 valence electrons. The molecule has 0 bridgehead atoms. The van der Waals surface area contributed by atoms with Crippen molar-refractivity contribution in [3.63, 3.8) is 0 Å². The summed E-state index contributed by atoms with van der Waals surface area (Å²) in [6.07, 6.45) is 1.61. The molecular weight excluding hydrogens is 326 g/mol. The first-order valence-corrected chi connectivity index (χ1v) is 8.40. The summed E-state index contributed by atoms with van der Waals surface area (Å²) in [4.78, 5) is 12.3. The second-order valence-electron chi connectivity index (χ2n) is 4.52. The van der Waals surface area contributed by atoms with Crippen LogP contribution in [0.25, 0.3) is 0 Å². The number of hydrogen-bond acceptors (Lipinski definition) is 4. The predicted molar refractivity (Wildman–Crippen MR) is 83.7 cm³/mol. The Kier molecular flexibility index (Phi) is 5.16. The molecule has 19 heavy (non-hydrogen) atoms. The number of thioether (sulfide) groups is 1.